The fraction of sp³-hybridized carbons (Fsp3) is 0.333. The normalized spacial score (nSPS) is 21.0. The average molecular weight is 517 g/mol. The van der Waals surface area contributed by atoms with Crippen LogP contribution >= 0.6 is 0 Å². The Morgan fingerprint density at radius 2 is 1.61 bits per heavy atom. The minimum Gasteiger partial charge on any atom is -0.494 e. The first-order chi connectivity index (χ1) is 18.5. The second kappa shape index (κ2) is 11.2. The van der Waals surface area contributed by atoms with Gasteiger partial charge in [-0.25, -0.2) is 4.90 Å². The molecule has 2 aliphatic rings. The molecule has 0 N–H and O–H groups in total. The number of fused-ring (bicyclic) bond motifs is 1. The molecule has 8 heteroatoms. The van der Waals surface area contributed by atoms with Crippen LogP contribution in [0.15, 0.2) is 72.8 Å². The number of carbonyl (C=O) groups is 2. The summed E-state index contributed by atoms with van der Waals surface area (Å²) in [5, 5.41) is 1.60. The van der Waals surface area contributed by atoms with Gasteiger partial charge in [0, 0.05) is 7.05 Å². The maximum atomic E-state index is 13.6. The van der Waals surface area contributed by atoms with Crippen LogP contribution in [0.2, 0.25) is 0 Å². The van der Waals surface area contributed by atoms with E-state index in [0.29, 0.717) is 42.8 Å². The number of hydrogen-bond acceptors (Lipinski definition) is 7. The molecule has 0 unspecified atom stereocenters. The lowest BCUT2D eigenvalue weighted by molar-refractivity contribution is -0.160. The third-order valence-corrected chi connectivity index (χ3v) is 6.72. The van der Waals surface area contributed by atoms with E-state index in [1.54, 1.807) is 36.4 Å². The topological polar surface area (TPSA) is 77.5 Å². The highest BCUT2D eigenvalue weighted by atomic mass is 16.7. The number of amides is 2. The average Bonchev–Trinajstić information content (AvgIpc) is 3.40. The summed E-state index contributed by atoms with van der Waals surface area (Å²) >= 11 is 0. The van der Waals surface area contributed by atoms with E-state index in [4.69, 9.17) is 19.0 Å². The Labute approximate surface area is 222 Å². The summed E-state index contributed by atoms with van der Waals surface area (Å²) in [4.78, 5) is 34.1. The van der Waals surface area contributed by atoms with Gasteiger partial charge >= 0.3 is 0 Å². The molecule has 5 rings (SSSR count). The van der Waals surface area contributed by atoms with Gasteiger partial charge in [0.1, 0.15) is 12.4 Å². The Morgan fingerprint density at radius 1 is 0.842 bits per heavy atom. The van der Waals surface area contributed by atoms with Gasteiger partial charge in [-0.1, -0.05) is 43.3 Å². The summed E-state index contributed by atoms with van der Waals surface area (Å²) in [6.07, 6.45) is 0.00376. The van der Waals surface area contributed by atoms with Gasteiger partial charge in [0.2, 0.25) is 5.91 Å². The number of carbonyl (C=O) groups excluding carboxylic acids is 2. The largest absolute Gasteiger partial charge is 0.494 e. The molecule has 38 heavy (non-hydrogen) atoms. The molecule has 0 radical (unpaired) electrons. The Bertz CT molecular complexity index is 1280. The quantitative estimate of drug-likeness (QED) is 0.354. The molecule has 3 aromatic carbocycles. The van der Waals surface area contributed by atoms with Crippen LogP contribution in [0.5, 0.6) is 17.2 Å². The van der Waals surface area contributed by atoms with E-state index >= 15 is 0 Å². The van der Waals surface area contributed by atoms with Crippen LogP contribution in [0.1, 0.15) is 37.4 Å². The summed E-state index contributed by atoms with van der Waals surface area (Å²) in [6, 6.07) is 22.1. The molecule has 8 nitrogen and oxygen atoms in total. The third-order valence-electron chi connectivity index (χ3n) is 6.72. The molecule has 0 bridgehead atoms. The highest BCUT2D eigenvalue weighted by Crippen LogP contribution is 2.46. The van der Waals surface area contributed by atoms with E-state index in [2.05, 4.69) is 0 Å². The molecule has 2 saturated heterocycles. The lowest BCUT2D eigenvalue weighted by Crippen LogP contribution is -2.36. The van der Waals surface area contributed by atoms with Crippen LogP contribution in [0.4, 0.5) is 5.69 Å². The Balaban J connectivity index is 1.38. The van der Waals surface area contributed by atoms with Gasteiger partial charge in [0.25, 0.3) is 5.91 Å². The number of nitrogens with zero attached hydrogens (tertiary/aromatic N) is 2. The van der Waals surface area contributed by atoms with Crippen LogP contribution < -0.4 is 19.1 Å². The highest BCUT2D eigenvalue weighted by Gasteiger charge is 2.59. The fourth-order valence-electron chi connectivity index (χ4n) is 4.96. The smallest absolute Gasteiger partial charge is 0.265 e. The maximum Gasteiger partial charge on any atom is 0.265 e. The summed E-state index contributed by atoms with van der Waals surface area (Å²) < 4.78 is 17.6. The molecular weight excluding hydrogens is 484 g/mol. The first kappa shape index (κ1) is 25.8. The van der Waals surface area contributed by atoms with Crippen LogP contribution in [0.3, 0.4) is 0 Å². The monoisotopic (exact) mass is 516 g/mol. The summed E-state index contributed by atoms with van der Waals surface area (Å²) in [5.74, 6) is 0.534. The van der Waals surface area contributed by atoms with Crippen LogP contribution in [-0.4, -0.2) is 43.2 Å². The van der Waals surface area contributed by atoms with E-state index in [9.17, 15) is 9.59 Å². The number of rotatable bonds is 10. The van der Waals surface area contributed by atoms with Gasteiger partial charge in [0.15, 0.2) is 17.6 Å². The zero-order valence-electron chi connectivity index (χ0n) is 21.8. The molecular formula is C30H32N2O6. The number of hydrogen-bond donors (Lipinski definition) is 0. The standard InChI is InChI=1S/C30H32N2O6/c1-4-17-36-23-14-12-22(13-15-23)32-29(33)26-27(31(3)38-28(26)30(32)34)21-11-16-24(25(18-21)35-5-2)37-19-20-9-7-6-8-10-20/h6-16,18,26-28H,4-5,17,19H2,1-3H3/t26-,27-,28-/m0/s1. The fourth-order valence-corrected chi connectivity index (χ4v) is 4.96. The van der Waals surface area contributed by atoms with E-state index in [0.717, 1.165) is 17.5 Å². The molecule has 0 saturated carbocycles. The number of ether oxygens (including phenoxy) is 3. The molecule has 2 heterocycles. The summed E-state index contributed by atoms with van der Waals surface area (Å²) in [7, 11) is 1.74. The predicted octanol–water partition coefficient (Wildman–Crippen LogP) is 4.93. The van der Waals surface area contributed by atoms with Crippen LogP contribution in [0.25, 0.3) is 0 Å². The minimum absolute atomic E-state index is 0.293. The van der Waals surface area contributed by atoms with Crippen molar-refractivity contribution in [1.29, 1.82) is 0 Å². The van der Waals surface area contributed by atoms with Crippen molar-refractivity contribution in [2.75, 3.05) is 25.2 Å². The van der Waals surface area contributed by atoms with Crippen molar-refractivity contribution >= 4 is 17.5 Å². The molecule has 2 amide bonds. The SMILES string of the molecule is CCCOc1ccc(N2C(=O)[C@@H]3[C@H](ON(C)[C@H]3c3ccc(OCc4ccccc4)c(OCC)c3)C2=O)cc1. The zero-order chi connectivity index (χ0) is 26.6. The number of imide groups is 1. The molecule has 3 aromatic rings. The van der Waals surface area contributed by atoms with Gasteiger partial charge in [-0.3, -0.25) is 14.4 Å². The van der Waals surface area contributed by atoms with Gasteiger partial charge in [-0.2, -0.15) is 5.06 Å². The maximum absolute atomic E-state index is 13.6. The first-order valence-electron chi connectivity index (χ1n) is 13.0. The van der Waals surface area contributed by atoms with Crippen molar-refractivity contribution in [2.24, 2.45) is 5.92 Å². The number of hydroxylamine groups is 2. The molecule has 0 spiro atoms. The van der Waals surface area contributed by atoms with Gasteiger partial charge in [0.05, 0.1) is 30.9 Å². The Hall–Kier alpha value is -3.88. The van der Waals surface area contributed by atoms with Crippen LogP contribution in [-0.2, 0) is 21.0 Å². The number of anilines is 1. The molecule has 2 fully saturated rings. The third kappa shape index (κ3) is 4.97. The highest BCUT2D eigenvalue weighted by molar-refractivity contribution is 6.23. The molecule has 198 valence electrons. The van der Waals surface area contributed by atoms with Crippen molar-refractivity contribution in [2.45, 2.75) is 39.0 Å². The van der Waals surface area contributed by atoms with Crippen molar-refractivity contribution < 1.29 is 28.6 Å². The Kier molecular flexibility index (Phi) is 7.62. The van der Waals surface area contributed by atoms with Gasteiger partial charge in [-0.05, 0) is 60.9 Å². The van der Waals surface area contributed by atoms with Crippen molar-refractivity contribution in [3.05, 3.63) is 83.9 Å². The van der Waals surface area contributed by atoms with Crippen molar-refractivity contribution in [1.82, 2.24) is 5.06 Å². The summed E-state index contributed by atoms with van der Waals surface area (Å²) in [6.45, 7) is 5.40. The van der Waals surface area contributed by atoms with E-state index in [-0.39, 0.29) is 11.8 Å². The Morgan fingerprint density at radius 3 is 2.32 bits per heavy atom. The second-order valence-electron chi connectivity index (χ2n) is 9.31. The van der Waals surface area contributed by atoms with E-state index in [1.807, 2.05) is 62.4 Å². The summed E-state index contributed by atoms with van der Waals surface area (Å²) in [5.41, 5.74) is 2.36. The van der Waals surface area contributed by atoms with Crippen molar-refractivity contribution in [3.8, 4) is 17.2 Å². The predicted molar refractivity (Wildman–Crippen MR) is 142 cm³/mol. The molecule has 2 aliphatic heterocycles. The van der Waals surface area contributed by atoms with Gasteiger partial charge < -0.3 is 14.2 Å². The minimum atomic E-state index is -0.891. The lowest BCUT2D eigenvalue weighted by Gasteiger charge is -2.25. The lowest BCUT2D eigenvalue weighted by atomic mass is 9.91. The van der Waals surface area contributed by atoms with Gasteiger partial charge in [-0.15, -0.1) is 0 Å². The van der Waals surface area contributed by atoms with E-state index < -0.39 is 18.1 Å². The molecule has 3 atom stereocenters. The molecule has 0 aromatic heterocycles. The van der Waals surface area contributed by atoms with Crippen molar-refractivity contribution in [3.63, 3.8) is 0 Å². The zero-order valence-corrected chi connectivity index (χ0v) is 21.8. The number of benzene rings is 3. The molecule has 0 aliphatic carbocycles. The first-order valence-corrected chi connectivity index (χ1v) is 13.0. The second-order valence-corrected chi connectivity index (χ2v) is 9.31. The van der Waals surface area contributed by atoms with Crippen LogP contribution in [0, 0.1) is 5.92 Å². The van der Waals surface area contributed by atoms with E-state index in [1.165, 1.54) is 4.90 Å².